The van der Waals surface area contributed by atoms with Gasteiger partial charge in [0.2, 0.25) is 0 Å². The van der Waals surface area contributed by atoms with E-state index >= 15 is 0 Å². The van der Waals surface area contributed by atoms with Gasteiger partial charge in [-0.05, 0) is 44.4 Å². The molecule has 10 nitrogen and oxygen atoms in total. The molecule has 1 aromatic heterocycles. The van der Waals surface area contributed by atoms with Crippen LogP contribution in [0.5, 0.6) is 0 Å². The number of nitrogens with two attached hydrogens (primary N) is 1. The van der Waals surface area contributed by atoms with Crippen LogP contribution in [0.1, 0.15) is 5.69 Å². The smallest absolute Gasteiger partial charge is 0.319 e. The Labute approximate surface area is 159 Å². The molecule has 0 saturated heterocycles. The third-order valence-electron chi connectivity index (χ3n) is 3.01. The molecule has 0 aliphatic rings. The van der Waals surface area contributed by atoms with E-state index in [0.29, 0.717) is 5.69 Å². The molecule has 2 rings (SSSR count). The van der Waals surface area contributed by atoms with Gasteiger partial charge in [-0.15, -0.1) is 0 Å². The minimum Gasteiger partial charge on any atom is -0.351 e. The molecule has 0 bridgehead atoms. The number of nitrogens with zero attached hydrogens (tertiary/aromatic N) is 4. The van der Waals surface area contributed by atoms with Crippen LogP contribution in [0.4, 0.5) is 14.9 Å². The number of aliphatic imine (C=N–C) groups is 1. The Morgan fingerprint density at radius 2 is 2.31 bits per heavy atom. The number of urea groups is 1. The van der Waals surface area contributed by atoms with Crippen LogP contribution >= 0.6 is 27.7 Å². The number of hydroxylamine groups is 1. The number of benzene rings is 1. The molecule has 0 aliphatic carbocycles. The summed E-state index contributed by atoms with van der Waals surface area (Å²) in [5.41, 5.74) is 7.38. The fourth-order valence-electron chi connectivity index (χ4n) is 1.60. The van der Waals surface area contributed by atoms with Crippen molar-refractivity contribution in [1.29, 1.82) is 5.41 Å². The lowest BCUT2D eigenvalue weighted by molar-refractivity contribution is 0.233. The van der Waals surface area contributed by atoms with Crippen molar-refractivity contribution >= 4 is 51.1 Å². The molecule has 0 fully saturated rings. The molecule has 138 valence electrons. The van der Waals surface area contributed by atoms with Gasteiger partial charge in [0, 0.05) is 7.05 Å². The number of primary amides is 1. The maximum Gasteiger partial charge on any atom is 0.319 e. The average molecular weight is 446 g/mol. The lowest BCUT2D eigenvalue weighted by atomic mass is 10.3. The van der Waals surface area contributed by atoms with Gasteiger partial charge in [0.05, 0.1) is 15.9 Å². The number of hydrogen-bond donors (Lipinski definition) is 4. The van der Waals surface area contributed by atoms with Gasteiger partial charge >= 0.3 is 6.03 Å². The minimum absolute atomic E-state index is 0.0431. The molecule has 0 radical (unpaired) electrons. The molecule has 0 atom stereocenters. The van der Waals surface area contributed by atoms with E-state index in [4.69, 9.17) is 11.1 Å². The zero-order chi connectivity index (χ0) is 19.3. The number of aromatic nitrogens is 2. The van der Waals surface area contributed by atoms with Crippen LogP contribution in [0, 0.1) is 11.2 Å². The van der Waals surface area contributed by atoms with Gasteiger partial charge in [-0.3, -0.25) is 21.0 Å². The second-order valence-corrected chi connectivity index (χ2v) is 6.54. The van der Waals surface area contributed by atoms with E-state index in [9.17, 15) is 14.4 Å². The van der Waals surface area contributed by atoms with Gasteiger partial charge in [0.1, 0.15) is 11.7 Å². The highest BCUT2D eigenvalue weighted by atomic mass is 79.9. The first-order valence-corrected chi connectivity index (χ1v) is 8.61. The lowest BCUT2D eigenvalue weighted by Crippen LogP contribution is -2.37. The molecule has 0 saturated carbocycles. The molecule has 0 aliphatic heterocycles. The van der Waals surface area contributed by atoms with Gasteiger partial charge in [-0.2, -0.15) is 0 Å². The molecule has 2 amide bonds. The van der Waals surface area contributed by atoms with Crippen LogP contribution < -0.4 is 11.2 Å². The van der Waals surface area contributed by atoms with Crippen LogP contribution in [0.15, 0.2) is 37.3 Å². The van der Waals surface area contributed by atoms with Crippen molar-refractivity contribution in [2.24, 2.45) is 10.7 Å². The monoisotopic (exact) mass is 445 g/mol. The first kappa shape index (κ1) is 19.8. The van der Waals surface area contributed by atoms with E-state index in [0.717, 1.165) is 16.7 Å². The maximum absolute atomic E-state index is 13.3. The molecular weight excluding hydrogens is 433 g/mol. The Morgan fingerprint density at radius 3 is 2.92 bits per heavy atom. The van der Waals surface area contributed by atoms with Gasteiger partial charge in [-0.1, -0.05) is 11.8 Å². The summed E-state index contributed by atoms with van der Waals surface area (Å²) in [6.45, 7) is 0. The first-order valence-electron chi connectivity index (χ1n) is 6.83. The molecule has 5 N–H and O–H groups in total. The second-order valence-electron chi connectivity index (χ2n) is 4.72. The zero-order valence-electron chi connectivity index (χ0n) is 13.2. The fraction of sp³-hybridized carbons (Fsp3) is 0.154. The second kappa shape index (κ2) is 8.73. The number of rotatable bonds is 5. The van der Waals surface area contributed by atoms with Crippen LogP contribution in [-0.4, -0.2) is 50.9 Å². The molecule has 26 heavy (non-hydrogen) atoms. The third-order valence-corrected chi connectivity index (χ3v) is 4.58. The summed E-state index contributed by atoms with van der Waals surface area (Å²) in [5, 5.41) is 24.7. The van der Waals surface area contributed by atoms with Crippen LogP contribution in [0.25, 0.3) is 0 Å². The van der Waals surface area contributed by atoms with Crippen molar-refractivity contribution in [2.45, 2.75) is 5.03 Å². The largest absolute Gasteiger partial charge is 0.351 e. The van der Waals surface area contributed by atoms with E-state index < -0.39 is 11.8 Å². The first-order chi connectivity index (χ1) is 12.3. The number of hydrogen-bond acceptors (Lipinski definition) is 8. The molecule has 1 heterocycles. The maximum atomic E-state index is 13.3. The molecule has 0 unspecified atom stereocenters. The van der Waals surface area contributed by atoms with Crippen LogP contribution in [0.3, 0.4) is 0 Å². The summed E-state index contributed by atoms with van der Waals surface area (Å²) >= 11 is 4.07. The van der Waals surface area contributed by atoms with Crippen molar-refractivity contribution in [2.75, 3.05) is 12.8 Å². The SMILES string of the molecule is CN(C(=N)CSc1nonc1C(=Nc1ccc(F)c(Br)c1)NO)C(N)=O. The molecule has 2 aromatic rings. The molecular formula is C13H13BrFN7O3S. The van der Waals surface area contributed by atoms with Gasteiger partial charge < -0.3 is 5.73 Å². The van der Waals surface area contributed by atoms with E-state index in [1.807, 2.05) is 5.48 Å². The Balaban J connectivity index is 2.21. The van der Waals surface area contributed by atoms with E-state index in [1.165, 1.54) is 25.2 Å². The van der Waals surface area contributed by atoms with Crippen molar-refractivity contribution in [3.05, 3.63) is 34.2 Å². The number of nitrogens with one attached hydrogen (secondary N) is 2. The molecule has 13 heteroatoms. The Morgan fingerprint density at radius 1 is 1.58 bits per heavy atom. The zero-order valence-corrected chi connectivity index (χ0v) is 15.6. The third kappa shape index (κ3) is 4.77. The lowest BCUT2D eigenvalue weighted by Gasteiger charge is -2.14. The standard InChI is InChI=1S/C13H13BrFN7O3S/c1-22(13(17)23)9(16)5-26-12-10(20-25-21-12)11(19-24)18-6-2-3-8(15)7(14)4-6/h2-4,16,24H,5H2,1H3,(H2,17,23)(H,18,19). The Hall–Kier alpha value is -2.51. The Kier molecular flexibility index (Phi) is 6.65. The predicted molar refractivity (Wildman–Crippen MR) is 95.3 cm³/mol. The average Bonchev–Trinajstić information content (AvgIpc) is 3.08. The predicted octanol–water partition coefficient (Wildman–Crippen LogP) is 2.11. The summed E-state index contributed by atoms with van der Waals surface area (Å²) < 4.78 is 18.1. The summed E-state index contributed by atoms with van der Waals surface area (Å²) in [7, 11) is 1.36. The van der Waals surface area contributed by atoms with Crippen LogP contribution in [0.2, 0.25) is 0 Å². The van der Waals surface area contributed by atoms with Crippen molar-refractivity contribution < 1.29 is 19.0 Å². The normalized spacial score (nSPS) is 11.3. The highest BCUT2D eigenvalue weighted by Crippen LogP contribution is 2.24. The van der Waals surface area contributed by atoms with E-state index in [-0.39, 0.29) is 32.6 Å². The highest BCUT2D eigenvalue weighted by Gasteiger charge is 2.19. The molecule has 0 spiro atoms. The number of amides is 2. The fourth-order valence-corrected chi connectivity index (χ4v) is 2.79. The summed E-state index contributed by atoms with van der Waals surface area (Å²) in [6.07, 6.45) is 0. The van der Waals surface area contributed by atoms with Crippen molar-refractivity contribution in [1.82, 2.24) is 20.7 Å². The molecule has 1 aromatic carbocycles. The van der Waals surface area contributed by atoms with Gasteiger partial charge in [-0.25, -0.2) is 18.8 Å². The van der Waals surface area contributed by atoms with Crippen LogP contribution in [-0.2, 0) is 0 Å². The van der Waals surface area contributed by atoms with Crippen molar-refractivity contribution in [3.8, 4) is 0 Å². The Bertz CT molecular complexity index is 860. The highest BCUT2D eigenvalue weighted by molar-refractivity contribution is 9.10. The summed E-state index contributed by atoms with van der Waals surface area (Å²) in [5.74, 6) is -0.572. The topological polar surface area (TPSA) is 154 Å². The van der Waals surface area contributed by atoms with Gasteiger partial charge in [0.15, 0.2) is 16.6 Å². The summed E-state index contributed by atoms with van der Waals surface area (Å²) in [4.78, 5) is 16.1. The van der Waals surface area contributed by atoms with E-state index in [2.05, 4.69) is 35.9 Å². The van der Waals surface area contributed by atoms with Gasteiger partial charge in [0.25, 0.3) is 0 Å². The number of thioether (sulfide) groups is 1. The number of halogens is 2. The number of amidine groups is 2. The number of carbonyl (C=O) groups is 1. The quantitative estimate of drug-likeness (QED) is 0.237. The minimum atomic E-state index is -0.768. The van der Waals surface area contributed by atoms with E-state index in [1.54, 1.807) is 0 Å². The number of carbonyl (C=O) groups excluding carboxylic acids is 1. The van der Waals surface area contributed by atoms with Crippen molar-refractivity contribution in [3.63, 3.8) is 0 Å². The summed E-state index contributed by atoms with van der Waals surface area (Å²) in [6, 6.07) is 3.24.